The van der Waals surface area contributed by atoms with E-state index in [0.29, 0.717) is 13.2 Å². The van der Waals surface area contributed by atoms with Crippen LogP contribution in [0.2, 0.25) is 0 Å². The largest absolute Gasteiger partial charge is 0.494 e. The Labute approximate surface area is 138 Å². The van der Waals surface area contributed by atoms with Gasteiger partial charge >= 0.3 is 0 Å². The molecule has 0 fully saturated rings. The van der Waals surface area contributed by atoms with Gasteiger partial charge in [0.25, 0.3) is 0 Å². The monoisotopic (exact) mass is 367 g/mol. The molecule has 112 valence electrons. The standard InChI is InChI=1S/C16H18BrNO2S/c1-2-19-13-4-6-14(7-5-13)20-9-10-21-16-8-3-12(17)11-15(16)18/h3-8,11H,2,9-10,18H2,1H3. The minimum Gasteiger partial charge on any atom is -0.494 e. The van der Waals surface area contributed by atoms with Crippen molar-refractivity contribution in [3.05, 3.63) is 46.9 Å². The fourth-order valence-corrected chi connectivity index (χ4v) is 2.92. The van der Waals surface area contributed by atoms with E-state index in [1.807, 2.05) is 49.4 Å². The highest BCUT2D eigenvalue weighted by Gasteiger charge is 2.01. The third-order valence-corrected chi connectivity index (χ3v) is 4.26. The topological polar surface area (TPSA) is 44.5 Å². The summed E-state index contributed by atoms with van der Waals surface area (Å²) in [6.07, 6.45) is 0. The highest BCUT2D eigenvalue weighted by atomic mass is 79.9. The van der Waals surface area contributed by atoms with Crippen molar-refractivity contribution in [3.8, 4) is 11.5 Å². The number of nitrogen functional groups attached to an aromatic ring is 1. The summed E-state index contributed by atoms with van der Waals surface area (Å²) < 4.78 is 12.1. The summed E-state index contributed by atoms with van der Waals surface area (Å²) in [6.45, 7) is 3.27. The SMILES string of the molecule is CCOc1ccc(OCCSc2ccc(Br)cc2N)cc1. The van der Waals surface area contributed by atoms with Crippen LogP contribution in [0.1, 0.15) is 6.92 Å². The predicted octanol–water partition coefficient (Wildman–Crippen LogP) is 4.60. The zero-order valence-electron chi connectivity index (χ0n) is 11.8. The second-order valence-corrected chi connectivity index (χ2v) is 6.34. The Morgan fingerprint density at radius 2 is 1.71 bits per heavy atom. The van der Waals surface area contributed by atoms with E-state index < -0.39 is 0 Å². The van der Waals surface area contributed by atoms with Crippen LogP contribution in [-0.2, 0) is 0 Å². The molecule has 0 saturated carbocycles. The van der Waals surface area contributed by atoms with Crippen LogP contribution in [0.4, 0.5) is 5.69 Å². The van der Waals surface area contributed by atoms with Crippen LogP contribution in [0.3, 0.4) is 0 Å². The maximum absolute atomic E-state index is 5.95. The summed E-state index contributed by atoms with van der Waals surface area (Å²) in [4.78, 5) is 1.08. The fourth-order valence-electron chi connectivity index (χ4n) is 1.76. The average molecular weight is 368 g/mol. The number of anilines is 1. The highest BCUT2D eigenvalue weighted by molar-refractivity contribution is 9.10. The zero-order chi connectivity index (χ0) is 15.1. The van der Waals surface area contributed by atoms with E-state index in [4.69, 9.17) is 15.2 Å². The van der Waals surface area contributed by atoms with Crippen molar-refractivity contribution in [2.75, 3.05) is 24.7 Å². The van der Waals surface area contributed by atoms with Crippen LogP contribution in [0.15, 0.2) is 51.8 Å². The molecular formula is C16H18BrNO2S. The minimum absolute atomic E-state index is 0.633. The van der Waals surface area contributed by atoms with Crippen LogP contribution >= 0.6 is 27.7 Å². The maximum Gasteiger partial charge on any atom is 0.119 e. The second-order valence-electron chi connectivity index (χ2n) is 4.28. The molecule has 0 atom stereocenters. The van der Waals surface area contributed by atoms with Gasteiger partial charge in [-0.05, 0) is 49.4 Å². The summed E-state index contributed by atoms with van der Waals surface area (Å²) in [5.74, 6) is 2.56. The quantitative estimate of drug-likeness (QED) is 0.441. The zero-order valence-corrected chi connectivity index (χ0v) is 14.2. The van der Waals surface area contributed by atoms with Crippen molar-refractivity contribution in [2.45, 2.75) is 11.8 Å². The van der Waals surface area contributed by atoms with Crippen molar-refractivity contribution < 1.29 is 9.47 Å². The Balaban J connectivity index is 1.76. The van der Waals surface area contributed by atoms with E-state index in [1.54, 1.807) is 11.8 Å². The molecule has 0 unspecified atom stereocenters. The van der Waals surface area contributed by atoms with Crippen LogP contribution in [-0.4, -0.2) is 19.0 Å². The van der Waals surface area contributed by atoms with Gasteiger partial charge in [0.2, 0.25) is 0 Å². The molecule has 5 heteroatoms. The van der Waals surface area contributed by atoms with Crippen LogP contribution in [0.5, 0.6) is 11.5 Å². The lowest BCUT2D eigenvalue weighted by Gasteiger charge is -2.09. The van der Waals surface area contributed by atoms with Gasteiger partial charge in [-0.15, -0.1) is 11.8 Å². The molecular weight excluding hydrogens is 350 g/mol. The Kier molecular flexibility index (Phi) is 6.26. The van der Waals surface area contributed by atoms with Crippen molar-refractivity contribution in [3.63, 3.8) is 0 Å². The Morgan fingerprint density at radius 3 is 2.33 bits per heavy atom. The first kappa shape index (κ1) is 16.0. The Bertz CT molecular complexity index is 575. The number of ether oxygens (including phenoxy) is 2. The summed E-state index contributed by atoms with van der Waals surface area (Å²) in [6, 6.07) is 13.6. The molecule has 21 heavy (non-hydrogen) atoms. The average Bonchev–Trinajstić information content (AvgIpc) is 2.47. The first-order valence-corrected chi connectivity index (χ1v) is 8.50. The third kappa shape index (κ3) is 5.17. The molecule has 3 nitrogen and oxygen atoms in total. The molecule has 0 aromatic heterocycles. The normalized spacial score (nSPS) is 10.4. The van der Waals surface area contributed by atoms with Gasteiger partial charge < -0.3 is 15.2 Å². The molecule has 2 aromatic rings. The number of halogens is 1. The van der Waals surface area contributed by atoms with E-state index in [0.717, 1.165) is 32.3 Å². The van der Waals surface area contributed by atoms with Crippen LogP contribution < -0.4 is 15.2 Å². The first-order chi connectivity index (χ1) is 10.2. The van der Waals surface area contributed by atoms with Crippen molar-refractivity contribution >= 4 is 33.4 Å². The van der Waals surface area contributed by atoms with Gasteiger partial charge in [0, 0.05) is 20.8 Å². The third-order valence-electron chi connectivity index (χ3n) is 2.72. The highest BCUT2D eigenvalue weighted by Crippen LogP contribution is 2.27. The molecule has 0 spiro atoms. The lowest BCUT2D eigenvalue weighted by Crippen LogP contribution is -2.01. The molecule has 0 bridgehead atoms. The van der Waals surface area contributed by atoms with Gasteiger partial charge in [0.05, 0.1) is 13.2 Å². The second kappa shape index (κ2) is 8.20. The van der Waals surface area contributed by atoms with Gasteiger partial charge in [-0.1, -0.05) is 15.9 Å². The maximum atomic E-state index is 5.95. The van der Waals surface area contributed by atoms with Crippen molar-refractivity contribution in [2.24, 2.45) is 0 Å². The summed E-state index contributed by atoms with van der Waals surface area (Å²) in [7, 11) is 0. The molecule has 0 aliphatic rings. The van der Waals surface area contributed by atoms with Gasteiger partial charge in [-0.2, -0.15) is 0 Å². The first-order valence-electron chi connectivity index (χ1n) is 6.72. The molecule has 2 N–H and O–H groups in total. The molecule has 0 aliphatic carbocycles. The number of thioether (sulfide) groups is 1. The van der Waals surface area contributed by atoms with E-state index in [1.165, 1.54) is 0 Å². The van der Waals surface area contributed by atoms with Crippen LogP contribution in [0.25, 0.3) is 0 Å². The van der Waals surface area contributed by atoms with Crippen molar-refractivity contribution in [1.82, 2.24) is 0 Å². The van der Waals surface area contributed by atoms with E-state index in [9.17, 15) is 0 Å². The van der Waals surface area contributed by atoms with Gasteiger partial charge in [-0.25, -0.2) is 0 Å². The molecule has 0 aliphatic heterocycles. The van der Waals surface area contributed by atoms with Crippen LogP contribution in [0, 0.1) is 0 Å². The summed E-state index contributed by atoms with van der Waals surface area (Å²) >= 11 is 5.09. The number of hydrogen-bond acceptors (Lipinski definition) is 4. The number of rotatable bonds is 7. The summed E-state index contributed by atoms with van der Waals surface area (Å²) in [5, 5.41) is 0. The molecule has 0 amide bonds. The summed E-state index contributed by atoms with van der Waals surface area (Å²) in [5.41, 5.74) is 6.74. The Hall–Kier alpha value is -1.33. The fraction of sp³-hybridized carbons (Fsp3) is 0.250. The van der Waals surface area contributed by atoms with E-state index >= 15 is 0 Å². The molecule has 2 rings (SSSR count). The number of nitrogens with two attached hydrogens (primary N) is 1. The minimum atomic E-state index is 0.633. The number of hydrogen-bond donors (Lipinski definition) is 1. The van der Waals surface area contributed by atoms with Gasteiger partial charge in [0.15, 0.2) is 0 Å². The number of benzene rings is 2. The lowest BCUT2D eigenvalue weighted by atomic mass is 10.3. The molecule has 0 saturated heterocycles. The van der Waals surface area contributed by atoms with Gasteiger partial charge in [-0.3, -0.25) is 0 Å². The van der Waals surface area contributed by atoms with Crippen molar-refractivity contribution in [1.29, 1.82) is 0 Å². The predicted molar refractivity (Wildman–Crippen MR) is 92.4 cm³/mol. The van der Waals surface area contributed by atoms with Gasteiger partial charge in [0.1, 0.15) is 11.5 Å². The molecule has 0 heterocycles. The molecule has 0 radical (unpaired) electrons. The lowest BCUT2D eigenvalue weighted by molar-refractivity contribution is 0.332. The molecule has 2 aromatic carbocycles. The van der Waals surface area contributed by atoms with E-state index in [-0.39, 0.29) is 0 Å². The Morgan fingerprint density at radius 1 is 1.05 bits per heavy atom. The van der Waals surface area contributed by atoms with E-state index in [2.05, 4.69) is 15.9 Å². The smallest absolute Gasteiger partial charge is 0.119 e.